The SMILES string of the molecule is O=C(CNc1ccccc1)Nc1cccc(NC(=O)c2ccccc2)c1. The van der Waals surface area contributed by atoms with E-state index in [9.17, 15) is 9.59 Å². The lowest BCUT2D eigenvalue weighted by Crippen LogP contribution is -2.21. The number of hydrogen-bond acceptors (Lipinski definition) is 3. The fourth-order valence-corrected chi connectivity index (χ4v) is 2.41. The summed E-state index contributed by atoms with van der Waals surface area (Å²) in [5.74, 6) is -0.361. The van der Waals surface area contributed by atoms with E-state index in [4.69, 9.17) is 0 Å². The number of para-hydroxylation sites is 1. The van der Waals surface area contributed by atoms with Crippen molar-refractivity contribution in [2.75, 3.05) is 22.5 Å². The molecular formula is C21H19N3O2. The molecule has 0 aliphatic heterocycles. The average Bonchev–Trinajstić information content (AvgIpc) is 2.68. The first-order chi connectivity index (χ1) is 12.7. The van der Waals surface area contributed by atoms with Crippen LogP contribution in [0, 0.1) is 0 Å². The molecule has 130 valence electrons. The Bertz CT molecular complexity index is 880. The van der Waals surface area contributed by atoms with Gasteiger partial charge in [-0.1, -0.05) is 42.5 Å². The van der Waals surface area contributed by atoms with Gasteiger partial charge in [0.1, 0.15) is 0 Å². The van der Waals surface area contributed by atoms with Crippen LogP contribution in [0.5, 0.6) is 0 Å². The van der Waals surface area contributed by atoms with Crippen LogP contribution in [0.2, 0.25) is 0 Å². The molecule has 3 N–H and O–H groups in total. The zero-order valence-electron chi connectivity index (χ0n) is 14.1. The highest BCUT2D eigenvalue weighted by atomic mass is 16.2. The normalized spacial score (nSPS) is 10.0. The van der Waals surface area contributed by atoms with Gasteiger partial charge in [0.05, 0.1) is 6.54 Å². The number of nitrogens with one attached hydrogen (secondary N) is 3. The molecular weight excluding hydrogens is 326 g/mol. The van der Waals surface area contributed by atoms with Gasteiger partial charge in [-0.05, 0) is 42.5 Å². The smallest absolute Gasteiger partial charge is 0.255 e. The first kappa shape index (κ1) is 17.2. The van der Waals surface area contributed by atoms with Crippen molar-refractivity contribution in [3.8, 4) is 0 Å². The summed E-state index contributed by atoms with van der Waals surface area (Å²) >= 11 is 0. The van der Waals surface area contributed by atoms with Gasteiger partial charge in [0.25, 0.3) is 5.91 Å². The predicted molar refractivity (Wildman–Crippen MR) is 104 cm³/mol. The fraction of sp³-hybridized carbons (Fsp3) is 0.0476. The van der Waals surface area contributed by atoms with Crippen LogP contribution < -0.4 is 16.0 Å². The molecule has 0 saturated carbocycles. The highest BCUT2D eigenvalue weighted by Gasteiger charge is 2.07. The van der Waals surface area contributed by atoms with Crippen LogP contribution >= 0.6 is 0 Å². The number of hydrogen-bond donors (Lipinski definition) is 3. The van der Waals surface area contributed by atoms with E-state index in [-0.39, 0.29) is 18.4 Å². The van der Waals surface area contributed by atoms with Gasteiger partial charge in [-0.25, -0.2) is 0 Å². The maximum atomic E-state index is 12.2. The van der Waals surface area contributed by atoms with Gasteiger partial charge in [-0.3, -0.25) is 9.59 Å². The van der Waals surface area contributed by atoms with Crippen molar-refractivity contribution in [2.45, 2.75) is 0 Å². The van der Waals surface area contributed by atoms with Crippen LogP contribution in [0.25, 0.3) is 0 Å². The van der Waals surface area contributed by atoms with Gasteiger partial charge < -0.3 is 16.0 Å². The molecule has 5 nitrogen and oxygen atoms in total. The number of carbonyl (C=O) groups excluding carboxylic acids is 2. The van der Waals surface area contributed by atoms with Crippen molar-refractivity contribution >= 4 is 28.9 Å². The summed E-state index contributed by atoms with van der Waals surface area (Å²) in [7, 11) is 0. The summed E-state index contributed by atoms with van der Waals surface area (Å²) < 4.78 is 0. The first-order valence-electron chi connectivity index (χ1n) is 8.26. The number of rotatable bonds is 6. The number of amides is 2. The van der Waals surface area contributed by atoms with Crippen LogP contribution in [-0.4, -0.2) is 18.4 Å². The molecule has 0 bridgehead atoms. The Morgan fingerprint density at radius 2 is 1.23 bits per heavy atom. The Morgan fingerprint density at radius 3 is 1.92 bits per heavy atom. The largest absolute Gasteiger partial charge is 0.376 e. The lowest BCUT2D eigenvalue weighted by molar-refractivity contribution is -0.114. The molecule has 26 heavy (non-hydrogen) atoms. The second-order valence-electron chi connectivity index (χ2n) is 5.67. The summed E-state index contributed by atoms with van der Waals surface area (Å²) in [5.41, 5.74) is 2.70. The zero-order chi connectivity index (χ0) is 18.2. The molecule has 0 aliphatic rings. The highest BCUT2D eigenvalue weighted by molar-refractivity contribution is 6.04. The lowest BCUT2D eigenvalue weighted by Gasteiger charge is -2.10. The van der Waals surface area contributed by atoms with E-state index in [1.165, 1.54) is 0 Å². The molecule has 3 aromatic rings. The minimum Gasteiger partial charge on any atom is -0.376 e. The van der Waals surface area contributed by atoms with Crippen molar-refractivity contribution in [1.82, 2.24) is 0 Å². The van der Waals surface area contributed by atoms with Crippen molar-refractivity contribution in [2.24, 2.45) is 0 Å². The molecule has 0 unspecified atom stereocenters. The maximum Gasteiger partial charge on any atom is 0.255 e. The molecule has 0 fully saturated rings. The minimum absolute atomic E-state index is 0.157. The third-order valence-electron chi connectivity index (χ3n) is 3.67. The molecule has 0 saturated heterocycles. The topological polar surface area (TPSA) is 70.2 Å². The van der Waals surface area contributed by atoms with E-state index in [2.05, 4.69) is 16.0 Å². The van der Waals surface area contributed by atoms with Crippen LogP contribution in [-0.2, 0) is 4.79 Å². The molecule has 3 aromatic carbocycles. The Hall–Kier alpha value is -3.60. The highest BCUT2D eigenvalue weighted by Crippen LogP contribution is 2.16. The van der Waals surface area contributed by atoms with Gasteiger partial charge in [0.2, 0.25) is 5.91 Å². The van der Waals surface area contributed by atoms with E-state index >= 15 is 0 Å². The summed E-state index contributed by atoms with van der Waals surface area (Å²) in [6.45, 7) is 0.157. The Kier molecular flexibility index (Phi) is 5.62. The predicted octanol–water partition coefficient (Wildman–Crippen LogP) is 3.99. The number of carbonyl (C=O) groups is 2. The average molecular weight is 345 g/mol. The first-order valence-corrected chi connectivity index (χ1v) is 8.26. The molecule has 0 heterocycles. The summed E-state index contributed by atoms with van der Waals surface area (Å²) in [6.07, 6.45) is 0. The Morgan fingerprint density at radius 1 is 0.654 bits per heavy atom. The molecule has 2 amide bonds. The quantitative estimate of drug-likeness (QED) is 0.633. The van der Waals surface area contributed by atoms with Crippen LogP contribution in [0.1, 0.15) is 10.4 Å². The molecule has 5 heteroatoms. The fourth-order valence-electron chi connectivity index (χ4n) is 2.41. The van der Waals surface area contributed by atoms with Crippen molar-refractivity contribution in [1.29, 1.82) is 0 Å². The Labute approximate surface area is 152 Å². The molecule has 0 spiro atoms. The summed E-state index contributed by atoms with van der Waals surface area (Å²) in [6, 6.07) is 25.5. The molecule has 3 rings (SSSR count). The minimum atomic E-state index is -0.195. The third kappa shape index (κ3) is 4.95. The van der Waals surface area contributed by atoms with Gasteiger partial charge in [0.15, 0.2) is 0 Å². The lowest BCUT2D eigenvalue weighted by atomic mass is 10.2. The molecule has 0 radical (unpaired) electrons. The van der Waals surface area contributed by atoms with E-state index in [1.807, 2.05) is 48.5 Å². The molecule has 0 aromatic heterocycles. The van der Waals surface area contributed by atoms with Gasteiger partial charge >= 0.3 is 0 Å². The van der Waals surface area contributed by atoms with Crippen molar-refractivity contribution in [3.63, 3.8) is 0 Å². The van der Waals surface area contributed by atoms with Crippen LogP contribution in [0.15, 0.2) is 84.9 Å². The second kappa shape index (κ2) is 8.48. The summed E-state index contributed by atoms with van der Waals surface area (Å²) in [4.78, 5) is 24.3. The van der Waals surface area contributed by atoms with Crippen LogP contribution in [0.3, 0.4) is 0 Å². The number of anilines is 3. The maximum absolute atomic E-state index is 12.2. The number of benzene rings is 3. The van der Waals surface area contributed by atoms with Crippen molar-refractivity contribution < 1.29 is 9.59 Å². The van der Waals surface area contributed by atoms with E-state index in [1.54, 1.807) is 36.4 Å². The molecule has 0 aliphatic carbocycles. The summed E-state index contributed by atoms with van der Waals surface area (Å²) in [5, 5.41) is 8.69. The second-order valence-corrected chi connectivity index (χ2v) is 5.67. The van der Waals surface area contributed by atoms with E-state index < -0.39 is 0 Å². The van der Waals surface area contributed by atoms with E-state index in [0.717, 1.165) is 5.69 Å². The van der Waals surface area contributed by atoms with Gasteiger partial charge in [-0.2, -0.15) is 0 Å². The van der Waals surface area contributed by atoms with Crippen LogP contribution in [0.4, 0.5) is 17.1 Å². The van der Waals surface area contributed by atoms with E-state index in [0.29, 0.717) is 16.9 Å². The monoisotopic (exact) mass is 345 g/mol. The van der Waals surface area contributed by atoms with Gasteiger partial charge in [-0.15, -0.1) is 0 Å². The van der Waals surface area contributed by atoms with Gasteiger partial charge in [0, 0.05) is 22.6 Å². The molecule has 0 atom stereocenters. The van der Waals surface area contributed by atoms with Crippen molar-refractivity contribution in [3.05, 3.63) is 90.5 Å². The standard InChI is InChI=1S/C21H19N3O2/c25-20(15-22-17-10-5-2-6-11-17)23-18-12-7-13-19(14-18)24-21(26)16-8-3-1-4-9-16/h1-14,22H,15H2,(H,23,25)(H,24,26). The Balaban J connectivity index is 1.57. The zero-order valence-corrected chi connectivity index (χ0v) is 14.1. The third-order valence-corrected chi connectivity index (χ3v) is 3.67.